The lowest BCUT2D eigenvalue weighted by Crippen LogP contribution is -1.91. The van der Waals surface area contributed by atoms with Gasteiger partial charge in [-0.1, -0.05) is 49.1 Å². The van der Waals surface area contributed by atoms with Crippen molar-refractivity contribution in [2.24, 2.45) is 0 Å². The van der Waals surface area contributed by atoms with Crippen LogP contribution in [-0.2, 0) is 6.42 Å². The van der Waals surface area contributed by atoms with E-state index in [4.69, 9.17) is 0 Å². The molecule has 0 saturated carbocycles. The monoisotopic (exact) mass is 212 g/mol. The average Bonchev–Trinajstić information content (AvgIpc) is 2.33. The van der Waals surface area contributed by atoms with Gasteiger partial charge >= 0.3 is 0 Å². The topological polar surface area (TPSA) is 0 Å². The third-order valence-corrected chi connectivity index (χ3v) is 2.58. The second-order valence-electron chi connectivity index (χ2n) is 3.71. The van der Waals surface area contributed by atoms with Crippen molar-refractivity contribution >= 4 is 6.08 Å². The Morgan fingerprint density at radius 1 is 1.00 bits per heavy atom. The number of halogens is 1. The molecule has 0 amide bonds. The maximum absolute atomic E-state index is 12.8. The maximum Gasteiger partial charge on any atom is 0.123 e. The number of rotatable bonds is 3. The Morgan fingerprint density at radius 3 is 2.38 bits per heavy atom. The normalized spacial score (nSPS) is 10.1. The molecular weight excluding hydrogens is 199 g/mol. The molecule has 0 N–H and O–H groups in total. The van der Waals surface area contributed by atoms with Crippen LogP contribution < -0.4 is 0 Å². The lowest BCUT2D eigenvalue weighted by atomic mass is 10.00. The minimum atomic E-state index is -0.194. The molecule has 0 bridgehead atoms. The van der Waals surface area contributed by atoms with E-state index in [1.165, 1.54) is 17.7 Å². The average molecular weight is 212 g/mol. The second kappa shape index (κ2) is 4.75. The lowest BCUT2D eigenvalue weighted by molar-refractivity contribution is 0.627. The molecule has 16 heavy (non-hydrogen) atoms. The minimum Gasteiger partial charge on any atom is -0.207 e. The van der Waals surface area contributed by atoms with Crippen LogP contribution in [0.4, 0.5) is 4.39 Å². The van der Waals surface area contributed by atoms with E-state index < -0.39 is 0 Å². The summed E-state index contributed by atoms with van der Waals surface area (Å²) in [6.07, 6.45) is 2.65. The predicted octanol–water partition coefficient (Wildman–Crippen LogP) is 4.06. The maximum atomic E-state index is 12.8. The molecule has 2 aromatic rings. The summed E-state index contributed by atoms with van der Waals surface area (Å²) in [6, 6.07) is 14.7. The first-order chi connectivity index (χ1) is 7.79. The molecule has 0 aliphatic heterocycles. The summed E-state index contributed by atoms with van der Waals surface area (Å²) in [5.74, 6) is -0.194. The van der Waals surface area contributed by atoms with Crippen molar-refractivity contribution < 1.29 is 4.39 Å². The zero-order valence-corrected chi connectivity index (χ0v) is 8.99. The molecule has 2 aromatic carbocycles. The van der Waals surface area contributed by atoms with Gasteiger partial charge in [0.25, 0.3) is 0 Å². The Bertz CT molecular complexity index is 483. The standard InChI is InChI=1S/C15H13F/c1-2-13-5-3-4-6-14(13)11-12-7-9-15(16)10-8-12/h2-10H,1,11H2. The molecule has 0 fully saturated rings. The smallest absolute Gasteiger partial charge is 0.123 e. The van der Waals surface area contributed by atoms with Gasteiger partial charge in [0.1, 0.15) is 5.82 Å². The molecule has 0 saturated heterocycles. The highest BCUT2D eigenvalue weighted by Gasteiger charge is 2.00. The Kier molecular flexibility index (Phi) is 3.16. The Hall–Kier alpha value is -1.89. The van der Waals surface area contributed by atoms with Crippen molar-refractivity contribution in [1.82, 2.24) is 0 Å². The van der Waals surface area contributed by atoms with Gasteiger partial charge in [-0.3, -0.25) is 0 Å². The molecule has 0 spiro atoms. The number of hydrogen-bond donors (Lipinski definition) is 0. The first-order valence-corrected chi connectivity index (χ1v) is 5.24. The van der Waals surface area contributed by atoms with Crippen LogP contribution in [0.5, 0.6) is 0 Å². The Morgan fingerprint density at radius 2 is 1.69 bits per heavy atom. The highest BCUT2D eigenvalue weighted by Crippen LogP contribution is 2.15. The van der Waals surface area contributed by atoms with Gasteiger partial charge in [0.05, 0.1) is 0 Å². The first kappa shape index (κ1) is 10.6. The van der Waals surface area contributed by atoms with Gasteiger partial charge < -0.3 is 0 Å². The molecule has 0 aromatic heterocycles. The minimum absolute atomic E-state index is 0.194. The zero-order chi connectivity index (χ0) is 11.4. The fraction of sp³-hybridized carbons (Fsp3) is 0.0667. The highest BCUT2D eigenvalue weighted by molar-refractivity contribution is 5.52. The fourth-order valence-electron chi connectivity index (χ4n) is 1.72. The molecule has 0 unspecified atom stereocenters. The quantitative estimate of drug-likeness (QED) is 0.719. The van der Waals surface area contributed by atoms with Crippen molar-refractivity contribution in [3.8, 4) is 0 Å². The molecule has 0 radical (unpaired) electrons. The van der Waals surface area contributed by atoms with Gasteiger partial charge in [-0.2, -0.15) is 0 Å². The van der Waals surface area contributed by atoms with Crippen LogP contribution in [-0.4, -0.2) is 0 Å². The van der Waals surface area contributed by atoms with E-state index in [9.17, 15) is 4.39 Å². The molecule has 0 atom stereocenters. The van der Waals surface area contributed by atoms with Gasteiger partial charge in [-0.05, 0) is 35.2 Å². The molecule has 0 aliphatic carbocycles. The van der Waals surface area contributed by atoms with E-state index >= 15 is 0 Å². The summed E-state index contributed by atoms with van der Waals surface area (Å²) in [6.45, 7) is 3.79. The summed E-state index contributed by atoms with van der Waals surface area (Å²) < 4.78 is 12.8. The summed E-state index contributed by atoms with van der Waals surface area (Å²) in [5.41, 5.74) is 3.45. The molecule has 1 heteroatoms. The first-order valence-electron chi connectivity index (χ1n) is 5.24. The van der Waals surface area contributed by atoms with E-state index in [1.54, 1.807) is 0 Å². The van der Waals surface area contributed by atoms with Gasteiger partial charge in [0.2, 0.25) is 0 Å². The Balaban J connectivity index is 2.26. The Labute approximate surface area is 95.1 Å². The summed E-state index contributed by atoms with van der Waals surface area (Å²) in [5, 5.41) is 0. The van der Waals surface area contributed by atoms with Crippen LogP contribution >= 0.6 is 0 Å². The highest BCUT2D eigenvalue weighted by atomic mass is 19.1. The summed E-state index contributed by atoms with van der Waals surface area (Å²) in [4.78, 5) is 0. The van der Waals surface area contributed by atoms with E-state index in [-0.39, 0.29) is 5.82 Å². The number of hydrogen-bond acceptors (Lipinski definition) is 0. The van der Waals surface area contributed by atoms with E-state index in [2.05, 4.69) is 12.6 Å². The van der Waals surface area contributed by atoms with Crippen LogP contribution in [0.3, 0.4) is 0 Å². The lowest BCUT2D eigenvalue weighted by Gasteiger charge is -2.05. The molecule has 0 heterocycles. The van der Waals surface area contributed by atoms with Crippen molar-refractivity contribution in [2.45, 2.75) is 6.42 Å². The molecule has 80 valence electrons. The van der Waals surface area contributed by atoms with Gasteiger partial charge in [-0.25, -0.2) is 4.39 Å². The molecule has 2 rings (SSSR count). The van der Waals surface area contributed by atoms with Crippen LogP contribution in [0.1, 0.15) is 16.7 Å². The SMILES string of the molecule is C=Cc1ccccc1Cc1ccc(F)cc1. The third-order valence-electron chi connectivity index (χ3n) is 2.58. The fourth-order valence-corrected chi connectivity index (χ4v) is 1.72. The van der Waals surface area contributed by atoms with Crippen molar-refractivity contribution in [3.63, 3.8) is 0 Å². The zero-order valence-electron chi connectivity index (χ0n) is 8.99. The van der Waals surface area contributed by atoms with Gasteiger partial charge in [0, 0.05) is 0 Å². The van der Waals surface area contributed by atoms with Crippen LogP contribution in [0.25, 0.3) is 6.08 Å². The van der Waals surface area contributed by atoms with Crippen LogP contribution in [0.15, 0.2) is 55.1 Å². The van der Waals surface area contributed by atoms with Crippen molar-refractivity contribution in [1.29, 1.82) is 0 Å². The van der Waals surface area contributed by atoms with Crippen LogP contribution in [0.2, 0.25) is 0 Å². The van der Waals surface area contributed by atoms with E-state index in [0.717, 1.165) is 17.5 Å². The van der Waals surface area contributed by atoms with Crippen molar-refractivity contribution in [3.05, 3.63) is 77.6 Å². The largest absolute Gasteiger partial charge is 0.207 e. The predicted molar refractivity (Wildman–Crippen MR) is 65.7 cm³/mol. The molecular formula is C15H13F. The third kappa shape index (κ3) is 2.37. The second-order valence-corrected chi connectivity index (χ2v) is 3.71. The van der Waals surface area contributed by atoms with Gasteiger partial charge in [-0.15, -0.1) is 0 Å². The van der Waals surface area contributed by atoms with Gasteiger partial charge in [0.15, 0.2) is 0 Å². The number of benzene rings is 2. The molecule has 0 aliphatic rings. The van der Waals surface area contributed by atoms with E-state index in [1.807, 2.05) is 36.4 Å². The summed E-state index contributed by atoms with van der Waals surface area (Å²) in [7, 11) is 0. The van der Waals surface area contributed by atoms with Crippen molar-refractivity contribution in [2.75, 3.05) is 0 Å². The summed E-state index contributed by atoms with van der Waals surface area (Å²) >= 11 is 0. The van der Waals surface area contributed by atoms with Crippen LogP contribution in [0, 0.1) is 5.82 Å². The van der Waals surface area contributed by atoms with E-state index in [0.29, 0.717) is 0 Å². The molecule has 0 nitrogen and oxygen atoms in total.